The highest BCUT2D eigenvalue weighted by atomic mass is 32.2. The summed E-state index contributed by atoms with van der Waals surface area (Å²) in [6.07, 6.45) is 0.0998. The minimum absolute atomic E-state index is 0.0947. The first-order valence-corrected chi connectivity index (χ1v) is 13.0. The molecule has 4 rings (SSSR count). The summed E-state index contributed by atoms with van der Waals surface area (Å²) in [5, 5.41) is 36.3. The topological polar surface area (TPSA) is 137 Å². The van der Waals surface area contributed by atoms with Crippen LogP contribution in [0.1, 0.15) is 20.3 Å². The fourth-order valence-electron chi connectivity index (χ4n) is 4.77. The molecule has 3 unspecified atom stereocenters. The molecule has 33 heavy (non-hydrogen) atoms. The Morgan fingerprint density at radius 3 is 2.82 bits per heavy atom. The maximum Gasteiger partial charge on any atom is 0.353 e. The van der Waals surface area contributed by atoms with Crippen LogP contribution in [0.5, 0.6) is 0 Å². The number of aliphatic hydroxyl groups excluding tert-OH is 1. The van der Waals surface area contributed by atoms with E-state index in [0.29, 0.717) is 0 Å². The molecule has 3 aliphatic heterocycles. The molecule has 3 N–H and O–H groups in total. The summed E-state index contributed by atoms with van der Waals surface area (Å²) in [6.45, 7) is 5.91. The van der Waals surface area contributed by atoms with Crippen LogP contribution >= 0.6 is 23.5 Å². The summed E-state index contributed by atoms with van der Waals surface area (Å²) < 4.78 is 1.82. The van der Waals surface area contributed by atoms with Crippen molar-refractivity contribution in [1.82, 2.24) is 35.3 Å². The second-order valence-electron chi connectivity index (χ2n) is 9.15. The zero-order valence-corrected chi connectivity index (χ0v) is 20.8. The van der Waals surface area contributed by atoms with Gasteiger partial charge in [-0.3, -0.25) is 4.79 Å². The smallest absolute Gasteiger partial charge is 0.353 e. The van der Waals surface area contributed by atoms with Crippen molar-refractivity contribution in [2.75, 3.05) is 32.9 Å². The molecule has 4 heterocycles. The number of fused-ring (bicyclic) bond motifs is 1. The Morgan fingerprint density at radius 1 is 1.39 bits per heavy atom. The summed E-state index contributed by atoms with van der Waals surface area (Å²) in [5.41, 5.74) is 0.0947. The summed E-state index contributed by atoms with van der Waals surface area (Å²) in [6, 6.07) is -0.00574. The third kappa shape index (κ3) is 4.78. The first-order chi connectivity index (χ1) is 15.7. The standard InChI is InChI=1S/C20H31N7O4S2/c1-10-15-14(11(2)28)18(29)27(15)16(19(30)31)17(10)33-13-7-12(21-8-13)9-32-20-22-23-24-26(20)6-5-25(3)4/h10-15,21,28H,5-9H2,1-4H3,(H,30,31)/t10?,11-,12+,13+,14?,15?/m1/s1. The number of hydrogen-bond acceptors (Lipinski definition) is 10. The van der Waals surface area contributed by atoms with Gasteiger partial charge >= 0.3 is 5.97 Å². The van der Waals surface area contributed by atoms with E-state index in [9.17, 15) is 19.8 Å². The van der Waals surface area contributed by atoms with Crippen LogP contribution in [0.3, 0.4) is 0 Å². The normalized spacial score (nSPS) is 30.2. The molecule has 0 spiro atoms. The van der Waals surface area contributed by atoms with E-state index in [0.717, 1.165) is 41.9 Å². The fourth-order valence-corrected chi connectivity index (χ4v) is 7.26. The van der Waals surface area contributed by atoms with Crippen LogP contribution in [0.4, 0.5) is 0 Å². The Bertz CT molecular complexity index is 937. The zero-order valence-electron chi connectivity index (χ0n) is 19.2. The van der Waals surface area contributed by atoms with Crippen LogP contribution in [-0.2, 0) is 16.1 Å². The van der Waals surface area contributed by atoms with E-state index in [4.69, 9.17) is 0 Å². The Hall–Kier alpha value is -1.67. The van der Waals surface area contributed by atoms with Crippen LogP contribution < -0.4 is 5.32 Å². The van der Waals surface area contributed by atoms with E-state index >= 15 is 0 Å². The number of tetrazole rings is 1. The lowest BCUT2D eigenvalue weighted by molar-refractivity contribution is -0.163. The average Bonchev–Trinajstić information content (AvgIpc) is 3.43. The van der Waals surface area contributed by atoms with Crippen molar-refractivity contribution in [2.24, 2.45) is 11.8 Å². The molecule has 0 aliphatic carbocycles. The van der Waals surface area contributed by atoms with Gasteiger partial charge in [-0.15, -0.1) is 16.9 Å². The van der Waals surface area contributed by atoms with Crippen molar-refractivity contribution in [1.29, 1.82) is 0 Å². The van der Waals surface area contributed by atoms with E-state index in [1.54, 1.807) is 30.4 Å². The fraction of sp³-hybridized carbons (Fsp3) is 0.750. The first-order valence-electron chi connectivity index (χ1n) is 11.1. The molecule has 3 aliphatic rings. The molecule has 2 fully saturated rings. The summed E-state index contributed by atoms with van der Waals surface area (Å²) in [4.78, 5) is 28.7. The number of aromatic nitrogens is 4. The summed E-state index contributed by atoms with van der Waals surface area (Å²) >= 11 is 3.18. The van der Waals surface area contributed by atoms with Crippen LogP contribution in [0.2, 0.25) is 0 Å². The van der Waals surface area contributed by atoms with Crippen LogP contribution in [-0.4, -0.2) is 108 Å². The molecule has 0 radical (unpaired) electrons. The number of carboxylic acid groups (broad SMARTS) is 1. The van der Waals surface area contributed by atoms with E-state index in [2.05, 4.69) is 25.7 Å². The quantitative estimate of drug-likeness (QED) is 0.296. The van der Waals surface area contributed by atoms with Gasteiger partial charge in [-0.05, 0) is 37.9 Å². The van der Waals surface area contributed by atoms with Crippen molar-refractivity contribution >= 4 is 35.4 Å². The van der Waals surface area contributed by atoms with Gasteiger partial charge in [-0.1, -0.05) is 18.7 Å². The minimum atomic E-state index is -1.08. The highest BCUT2D eigenvalue weighted by Gasteiger charge is 2.60. The number of aliphatic hydroxyl groups is 1. The van der Waals surface area contributed by atoms with Crippen LogP contribution in [0.25, 0.3) is 0 Å². The van der Waals surface area contributed by atoms with E-state index in [1.165, 1.54) is 4.90 Å². The summed E-state index contributed by atoms with van der Waals surface area (Å²) in [7, 11) is 4.02. The maximum atomic E-state index is 12.5. The average molecular weight is 498 g/mol. The van der Waals surface area contributed by atoms with E-state index < -0.39 is 18.0 Å². The highest BCUT2D eigenvalue weighted by molar-refractivity contribution is 8.03. The molecule has 11 nitrogen and oxygen atoms in total. The van der Waals surface area contributed by atoms with Gasteiger partial charge < -0.3 is 25.3 Å². The van der Waals surface area contributed by atoms with Gasteiger partial charge in [0.25, 0.3) is 0 Å². The van der Waals surface area contributed by atoms with Gasteiger partial charge in [-0.25, -0.2) is 9.48 Å². The number of likely N-dealkylation sites (N-methyl/N-ethyl adjacent to an activating group) is 1. The zero-order chi connectivity index (χ0) is 23.9. The number of nitrogens with zero attached hydrogens (tertiary/aromatic N) is 6. The number of carbonyl (C=O) groups is 2. The number of carboxylic acids is 1. The maximum absolute atomic E-state index is 12.5. The second kappa shape index (κ2) is 9.90. The Morgan fingerprint density at radius 2 is 2.15 bits per heavy atom. The van der Waals surface area contributed by atoms with Gasteiger partial charge in [0.1, 0.15) is 5.70 Å². The molecule has 0 bridgehead atoms. The monoisotopic (exact) mass is 497 g/mol. The lowest BCUT2D eigenvalue weighted by atomic mass is 9.79. The number of rotatable bonds is 10. The molecule has 0 aromatic carbocycles. The lowest BCUT2D eigenvalue weighted by Gasteiger charge is -2.46. The number of hydrogen-bond donors (Lipinski definition) is 3. The first kappa shape index (κ1) is 24.5. The second-order valence-corrected chi connectivity index (χ2v) is 11.5. The van der Waals surface area contributed by atoms with E-state index in [-0.39, 0.29) is 34.9 Å². The number of aliphatic carboxylic acids is 1. The summed E-state index contributed by atoms with van der Waals surface area (Å²) in [5.74, 6) is -1.19. The van der Waals surface area contributed by atoms with Gasteiger partial charge in [0.05, 0.1) is 24.6 Å². The third-order valence-electron chi connectivity index (χ3n) is 6.46. The minimum Gasteiger partial charge on any atom is -0.477 e. The predicted octanol–water partition coefficient (Wildman–Crippen LogP) is -0.0558. The predicted molar refractivity (Wildman–Crippen MR) is 125 cm³/mol. The van der Waals surface area contributed by atoms with Crippen molar-refractivity contribution in [3.8, 4) is 0 Å². The molecule has 1 amide bonds. The van der Waals surface area contributed by atoms with Crippen molar-refractivity contribution in [3.63, 3.8) is 0 Å². The van der Waals surface area contributed by atoms with Crippen molar-refractivity contribution < 1.29 is 19.8 Å². The van der Waals surface area contributed by atoms with Crippen LogP contribution in [0, 0.1) is 11.8 Å². The lowest BCUT2D eigenvalue weighted by Crippen LogP contribution is -2.63. The van der Waals surface area contributed by atoms with Crippen molar-refractivity contribution in [2.45, 2.75) is 55.4 Å². The van der Waals surface area contributed by atoms with E-state index in [1.807, 2.05) is 25.7 Å². The van der Waals surface area contributed by atoms with Crippen LogP contribution in [0.15, 0.2) is 15.8 Å². The number of carbonyl (C=O) groups excluding carboxylic acids is 1. The Balaban J connectivity index is 1.35. The molecular weight excluding hydrogens is 466 g/mol. The molecule has 13 heteroatoms. The molecule has 0 saturated carbocycles. The Kier molecular flexibility index (Phi) is 7.34. The Labute approximate surface area is 201 Å². The van der Waals surface area contributed by atoms with Gasteiger partial charge in [0.15, 0.2) is 0 Å². The third-order valence-corrected chi connectivity index (χ3v) is 9.09. The van der Waals surface area contributed by atoms with Gasteiger partial charge in [0.2, 0.25) is 11.1 Å². The highest BCUT2D eigenvalue weighted by Crippen LogP contribution is 2.51. The van der Waals surface area contributed by atoms with Gasteiger partial charge in [0, 0.05) is 41.0 Å². The molecule has 182 valence electrons. The SMILES string of the molecule is CC1C(S[C@@H]2CN[C@H](CSc3nnnn3CCN(C)C)C2)=C(C(=O)O)N2C(=O)C([C@@H](C)O)C12. The molecule has 6 atom stereocenters. The molecule has 1 aromatic heterocycles. The molecular formula is C20H31N7O4S2. The molecule has 1 aromatic rings. The number of thioether (sulfide) groups is 2. The van der Waals surface area contributed by atoms with Gasteiger partial charge in [-0.2, -0.15) is 0 Å². The number of amides is 1. The van der Waals surface area contributed by atoms with Crippen molar-refractivity contribution in [3.05, 3.63) is 10.6 Å². The number of β-lactam (4-membered cyclic amide) rings is 1. The molecule has 2 saturated heterocycles. The largest absolute Gasteiger partial charge is 0.477 e. The number of nitrogens with one attached hydrogen (secondary N) is 1.